The Morgan fingerprint density at radius 2 is 2.00 bits per heavy atom. The summed E-state index contributed by atoms with van der Waals surface area (Å²) in [7, 11) is 1.67. The van der Waals surface area contributed by atoms with Crippen molar-refractivity contribution < 1.29 is 9.18 Å². The van der Waals surface area contributed by atoms with Gasteiger partial charge in [-0.3, -0.25) is 4.57 Å². The number of hydrogen-bond donors (Lipinski definition) is 2. The minimum Gasteiger partial charge on any atom is -0.336 e. The van der Waals surface area contributed by atoms with Crippen molar-refractivity contribution in [1.82, 2.24) is 25.0 Å². The van der Waals surface area contributed by atoms with E-state index in [2.05, 4.69) is 15.7 Å². The van der Waals surface area contributed by atoms with E-state index in [0.29, 0.717) is 5.82 Å². The molecule has 0 bridgehead atoms. The highest BCUT2D eigenvalue weighted by atomic mass is 32.1. The summed E-state index contributed by atoms with van der Waals surface area (Å²) in [4.78, 5) is 24.9. The molecule has 9 heteroatoms. The molecule has 0 fully saturated rings. The summed E-state index contributed by atoms with van der Waals surface area (Å²) < 4.78 is 15.6. The molecule has 0 saturated carbocycles. The first-order valence-electron chi connectivity index (χ1n) is 7.98. The zero-order chi connectivity index (χ0) is 18.5. The maximum Gasteiger partial charge on any atom is 0.346 e. The number of thiophene rings is 1. The number of benzene rings is 1. The molecule has 0 aliphatic carbocycles. The highest BCUT2D eigenvalue weighted by Crippen LogP contribution is 2.20. The van der Waals surface area contributed by atoms with Crippen LogP contribution in [0.15, 0.2) is 46.6 Å². The van der Waals surface area contributed by atoms with Gasteiger partial charge >= 0.3 is 11.7 Å². The molecule has 0 radical (unpaired) electrons. The average molecular weight is 375 g/mol. The molecule has 2 heterocycles. The monoisotopic (exact) mass is 375 g/mol. The largest absolute Gasteiger partial charge is 0.346 e. The lowest BCUT2D eigenvalue weighted by Gasteiger charge is -2.07. The van der Waals surface area contributed by atoms with Gasteiger partial charge in [-0.2, -0.15) is 0 Å². The first-order valence-corrected chi connectivity index (χ1v) is 8.86. The number of carbonyl (C=O) groups excluding carboxylic acids is 1. The van der Waals surface area contributed by atoms with E-state index in [4.69, 9.17) is 0 Å². The molecule has 1 aromatic carbocycles. The highest BCUT2D eigenvalue weighted by Gasteiger charge is 2.12. The zero-order valence-corrected chi connectivity index (χ0v) is 14.9. The van der Waals surface area contributed by atoms with Gasteiger partial charge in [0.05, 0.1) is 11.4 Å². The molecule has 2 amide bonds. The standard InChI is InChI=1S/C17H18FN5O2S/c1-22-15(14-3-2-10-26-14)21-23(17(22)25)9-8-19-16(24)20-11-12-4-6-13(18)7-5-12/h2-7,10H,8-9,11H2,1H3,(H2,19,20,24). The van der Waals surface area contributed by atoms with Crippen molar-refractivity contribution in [3.8, 4) is 10.7 Å². The van der Waals surface area contributed by atoms with E-state index in [9.17, 15) is 14.0 Å². The van der Waals surface area contributed by atoms with Crippen molar-refractivity contribution in [1.29, 1.82) is 0 Å². The Labute approximate surface area is 153 Å². The molecule has 0 aliphatic rings. The minimum atomic E-state index is -0.364. The van der Waals surface area contributed by atoms with Crippen molar-refractivity contribution in [2.45, 2.75) is 13.1 Å². The Morgan fingerprint density at radius 1 is 1.23 bits per heavy atom. The Bertz CT molecular complexity index is 931. The molecule has 136 valence electrons. The Kier molecular flexibility index (Phi) is 5.47. The van der Waals surface area contributed by atoms with Crippen molar-refractivity contribution in [3.63, 3.8) is 0 Å². The third-order valence-corrected chi connectivity index (χ3v) is 4.62. The SMILES string of the molecule is Cn1c(-c2cccs2)nn(CCNC(=O)NCc2ccc(F)cc2)c1=O. The second-order valence-electron chi connectivity index (χ2n) is 5.60. The summed E-state index contributed by atoms with van der Waals surface area (Å²) >= 11 is 1.51. The lowest BCUT2D eigenvalue weighted by atomic mass is 10.2. The molecule has 7 nitrogen and oxygen atoms in total. The maximum atomic E-state index is 12.8. The van der Waals surface area contributed by atoms with Crippen LogP contribution in [-0.4, -0.2) is 26.9 Å². The van der Waals surface area contributed by atoms with Gasteiger partial charge in [-0.15, -0.1) is 16.4 Å². The molecule has 0 spiro atoms. The van der Waals surface area contributed by atoms with E-state index < -0.39 is 0 Å². The summed E-state index contributed by atoms with van der Waals surface area (Å²) in [5.41, 5.74) is 0.560. The van der Waals surface area contributed by atoms with Crippen LogP contribution in [0.1, 0.15) is 5.56 Å². The van der Waals surface area contributed by atoms with Crippen molar-refractivity contribution >= 4 is 17.4 Å². The maximum absolute atomic E-state index is 12.8. The number of nitrogens with one attached hydrogen (secondary N) is 2. The average Bonchev–Trinajstić information content (AvgIpc) is 3.25. The topological polar surface area (TPSA) is 81.0 Å². The van der Waals surface area contributed by atoms with Crippen LogP contribution in [-0.2, 0) is 20.1 Å². The number of rotatable bonds is 6. The van der Waals surface area contributed by atoms with Crippen LogP contribution >= 0.6 is 11.3 Å². The molecule has 26 heavy (non-hydrogen) atoms. The normalized spacial score (nSPS) is 10.7. The molecule has 0 atom stereocenters. The predicted octanol–water partition coefficient (Wildman–Crippen LogP) is 1.95. The summed E-state index contributed by atoms with van der Waals surface area (Å²) in [5, 5.41) is 11.6. The van der Waals surface area contributed by atoms with Crippen LogP contribution in [0.2, 0.25) is 0 Å². The van der Waals surface area contributed by atoms with Crippen molar-refractivity contribution in [2.75, 3.05) is 6.54 Å². The third kappa shape index (κ3) is 4.17. The highest BCUT2D eigenvalue weighted by molar-refractivity contribution is 7.13. The molecular weight excluding hydrogens is 357 g/mol. The second kappa shape index (κ2) is 7.96. The molecule has 0 saturated heterocycles. The molecule has 0 unspecified atom stereocenters. The fourth-order valence-electron chi connectivity index (χ4n) is 2.38. The van der Waals surface area contributed by atoms with E-state index >= 15 is 0 Å². The van der Waals surface area contributed by atoms with Gasteiger partial charge in [0, 0.05) is 20.1 Å². The zero-order valence-electron chi connectivity index (χ0n) is 14.1. The lowest BCUT2D eigenvalue weighted by Crippen LogP contribution is -2.38. The Morgan fingerprint density at radius 3 is 2.69 bits per heavy atom. The van der Waals surface area contributed by atoms with Gasteiger partial charge in [0.25, 0.3) is 0 Å². The van der Waals surface area contributed by atoms with Gasteiger partial charge in [0.2, 0.25) is 0 Å². The number of carbonyl (C=O) groups is 1. The number of hydrogen-bond acceptors (Lipinski definition) is 4. The number of aromatic nitrogens is 3. The van der Waals surface area contributed by atoms with E-state index in [1.165, 1.54) is 32.7 Å². The quantitative estimate of drug-likeness (QED) is 0.691. The van der Waals surface area contributed by atoms with Crippen LogP contribution < -0.4 is 16.3 Å². The Hall–Kier alpha value is -2.94. The van der Waals surface area contributed by atoms with Gasteiger partial charge in [-0.1, -0.05) is 18.2 Å². The summed E-state index contributed by atoms with van der Waals surface area (Å²) in [6.07, 6.45) is 0. The first-order chi connectivity index (χ1) is 12.5. The summed E-state index contributed by atoms with van der Waals surface area (Å²) in [6.45, 7) is 0.816. The fraction of sp³-hybridized carbons (Fsp3) is 0.235. The van der Waals surface area contributed by atoms with E-state index in [1.54, 1.807) is 19.2 Å². The molecular formula is C17H18FN5O2S. The van der Waals surface area contributed by atoms with Crippen LogP contribution in [0.25, 0.3) is 10.7 Å². The lowest BCUT2D eigenvalue weighted by molar-refractivity contribution is 0.240. The second-order valence-corrected chi connectivity index (χ2v) is 6.55. The third-order valence-electron chi connectivity index (χ3n) is 3.76. The van der Waals surface area contributed by atoms with Crippen LogP contribution in [0.5, 0.6) is 0 Å². The number of halogens is 1. The fourth-order valence-corrected chi connectivity index (χ4v) is 3.12. The van der Waals surface area contributed by atoms with Gasteiger partial charge < -0.3 is 10.6 Å². The van der Waals surface area contributed by atoms with E-state index in [-0.39, 0.29) is 37.2 Å². The van der Waals surface area contributed by atoms with Gasteiger partial charge in [0.1, 0.15) is 5.82 Å². The van der Waals surface area contributed by atoms with Gasteiger partial charge in [-0.25, -0.2) is 18.7 Å². The summed E-state index contributed by atoms with van der Waals surface area (Å²) in [5.74, 6) is 0.284. The van der Waals surface area contributed by atoms with Gasteiger partial charge in [-0.05, 0) is 29.1 Å². The smallest absolute Gasteiger partial charge is 0.336 e. The molecule has 2 N–H and O–H groups in total. The number of amides is 2. The van der Waals surface area contributed by atoms with Crippen LogP contribution in [0, 0.1) is 5.82 Å². The van der Waals surface area contributed by atoms with Crippen LogP contribution in [0.3, 0.4) is 0 Å². The minimum absolute atomic E-state index is 0.234. The van der Waals surface area contributed by atoms with Crippen molar-refractivity contribution in [3.05, 3.63) is 63.6 Å². The predicted molar refractivity (Wildman–Crippen MR) is 97.4 cm³/mol. The Balaban J connectivity index is 1.50. The molecule has 0 aliphatic heterocycles. The molecule has 3 rings (SSSR count). The summed E-state index contributed by atoms with van der Waals surface area (Å²) in [6, 6.07) is 9.33. The van der Waals surface area contributed by atoms with E-state index in [0.717, 1.165) is 10.4 Å². The first kappa shape index (κ1) is 17.9. The van der Waals surface area contributed by atoms with Crippen molar-refractivity contribution in [2.24, 2.45) is 7.05 Å². The number of nitrogens with zero attached hydrogens (tertiary/aromatic N) is 3. The van der Waals surface area contributed by atoms with Crippen LogP contribution in [0.4, 0.5) is 9.18 Å². The van der Waals surface area contributed by atoms with Gasteiger partial charge in [0.15, 0.2) is 5.82 Å². The molecule has 3 aromatic rings. The molecule has 2 aromatic heterocycles. The number of urea groups is 1. The van der Waals surface area contributed by atoms with E-state index in [1.807, 2.05) is 17.5 Å².